The van der Waals surface area contributed by atoms with E-state index in [0.29, 0.717) is 5.56 Å². The minimum atomic E-state index is -1.06. The molecule has 1 unspecified atom stereocenters. The number of H-pyrrole nitrogens is 1. The number of pyridine rings is 1. The number of benzene rings is 1. The van der Waals surface area contributed by atoms with Crippen molar-refractivity contribution in [1.29, 1.82) is 0 Å². The Balaban J connectivity index is 2.16. The van der Waals surface area contributed by atoms with Gasteiger partial charge in [-0.25, -0.2) is 14.6 Å². The molecule has 0 aliphatic heterocycles. The quantitative estimate of drug-likeness (QED) is 0.661. The van der Waals surface area contributed by atoms with E-state index < -0.39 is 23.3 Å². The molecule has 0 aliphatic rings. The van der Waals surface area contributed by atoms with E-state index in [1.807, 2.05) is 0 Å². The Morgan fingerprint density at radius 1 is 1.25 bits per heavy atom. The van der Waals surface area contributed by atoms with Gasteiger partial charge in [0, 0.05) is 6.07 Å². The monoisotopic (exact) mass is 327 g/mol. The highest BCUT2D eigenvalue weighted by molar-refractivity contribution is 5.87. The topological polar surface area (TPSA) is 125 Å². The lowest BCUT2D eigenvalue weighted by molar-refractivity contribution is 0.0697. The number of hydrogen-bond acceptors (Lipinski definition) is 5. The van der Waals surface area contributed by atoms with Gasteiger partial charge in [-0.15, -0.1) is 0 Å². The minimum Gasteiger partial charge on any atom is -0.493 e. The molecule has 1 atom stereocenters. The van der Waals surface area contributed by atoms with Crippen molar-refractivity contribution in [3.63, 3.8) is 0 Å². The first kappa shape index (κ1) is 15.5. The molecule has 2 aromatic heterocycles. The number of carboxylic acids is 1. The Bertz CT molecular complexity index is 1050. The maximum absolute atomic E-state index is 12.6. The number of aromatic carboxylic acids is 1. The van der Waals surface area contributed by atoms with Crippen LogP contribution in [-0.2, 0) is 0 Å². The van der Waals surface area contributed by atoms with E-state index >= 15 is 0 Å². The van der Waals surface area contributed by atoms with Crippen LogP contribution in [0.25, 0.3) is 10.9 Å². The van der Waals surface area contributed by atoms with E-state index in [9.17, 15) is 19.5 Å². The third-order valence-corrected chi connectivity index (χ3v) is 3.83. The first-order chi connectivity index (χ1) is 11.4. The van der Waals surface area contributed by atoms with Crippen LogP contribution in [0.4, 0.5) is 0 Å². The normalized spacial score (nSPS) is 12.2. The summed E-state index contributed by atoms with van der Waals surface area (Å²) in [7, 11) is 0. The van der Waals surface area contributed by atoms with Gasteiger partial charge in [-0.1, -0.05) is 12.1 Å². The summed E-state index contributed by atoms with van der Waals surface area (Å²) < 4.78 is 1.01. The number of aromatic hydroxyl groups is 1. The number of carboxylic acid groups (broad SMARTS) is 1. The van der Waals surface area contributed by atoms with Crippen molar-refractivity contribution < 1.29 is 15.0 Å². The molecule has 0 spiro atoms. The molecular weight excluding hydrogens is 314 g/mol. The Morgan fingerprint density at radius 2 is 1.92 bits per heavy atom. The van der Waals surface area contributed by atoms with Crippen molar-refractivity contribution in [3.05, 3.63) is 68.5 Å². The number of aromatic nitrogens is 3. The highest BCUT2D eigenvalue weighted by Crippen LogP contribution is 2.17. The lowest BCUT2D eigenvalue weighted by Gasteiger charge is -2.15. The second-order valence-electron chi connectivity index (χ2n) is 5.30. The van der Waals surface area contributed by atoms with Crippen LogP contribution in [0.2, 0.25) is 0 Å². The zero-order valence-corrected chi connectivity index (χ0v) is 12.6. The van der Waals surface area contributed by atoms with Crippen molar-refractivity contribution in [2.24, 2.45) is 0 Å². The maximum atomic E-state index is 12.6. The predicted octanol–water partition coefficient (Wildman–Crippen LogP) is 1.10. The van der Waals surface area contributed by atoms with E-state index in [1.54, 1.807) is 19.1 Å². The summed E-state index contributed by atoms with van der Waals surface area (Å²) in [5, 5.41) is 18.5. The molecule has 0 aliphatic carbocycles. The lowest BCUT2D eigenvalue weighted by atomic mass is 10.1. The summed E-state index contributed by atoms with van der Waals surface area (Å²) in [6.45, 7) is 1.65. The van der Waals surface area contributed by atoms with Gasteiger partial charge in [0.2, 0.25) is 5.88 Å². The van der Waals surface area contributed by atoms with E-state index in [-0.39, 0.29) is 22.3 Å². The van der Waals surface area contributed by atoms with Crippen LogP contribution in [0.5, 0.6) is 5.88 Å². The first-order valence-corrected chi connectivity index (χ1v) is 7.05. The molecular formula is C16H13N3O5. The van der Waals surface area contributed by atoms with Crippen LogP contribution in [0.1, 0.15) is 28.9 Å². The van der Waals surface area contributed by atoms with Crippen molar-refractivity contribution in [2.45, 2.75) is 13.0 Å². The molecule has 0 fully saturated rings. The standard InChI is InChI=1S/C16H13N3O5/c1-8(9-2-4-10(5-3-9)15(22)23)19-14(21)11-6-13(20)17-7-12(11)18-16(19)24/h2-8H,1H3,(H,17,20)(H,18,24)(H,22,23). The number of fused-ring (bicyclic) bond motifs is 1. The van der Waals surface area contributed by atoms with Gasteiger partial charge in [-0.05, 0) is 24.6 Å². The van der Waals surface area contributed by atoms with E-state index in [0.717, 1.165) is 4.57 Å². The minimum absolute atomic E-state index is 0.113. The van der Waals surface area contributed by atoms with Crippen LogP contribution < -0.4 is 11.2 Å². The van der Waals surface area contributed by atoms with Gasteiger partial charge < -0.3 is 15.2 Å². The number of carbonyl (C=O) groups is 1. The fourth-order valence-electron chi connectivity index (χ4n) is 2.52. The molecule has 0 saturated carbocycles. The number of hydrogen-bond donors (Lipinski definition) is 3. The van der Waals surface area contributed by atoms with Gasteiger partial charge in [-0.3, -0.25) is 9.36 Å². The van der Waals surface area contributed by atoms with Crippen molar-refractivity contribution in [1.82, 2.24) is 14.5 Å². The summed E-state index contributed by atoms with van der Waals surface area (Å²) in [6, 6.07) is 6.48. The molecule has 1 aromatic carbocycles. The Labute approximate surface area is 134 Å². The van der Waals surface area contributed by atoms with Crippen LogP contribution in [0.15, 0.2) is 46.1 Å². The number of rotatable bonds is 3. The zero-order valence-electron chi connectivity index (χ0n) is 12.6. The molecule has 0 saturated heterocycles. The van der Waals surface area contributed by atoms with Crippen molar-refractivity contribution in [3.8, 4) is 5.88 Å². The van der Waals surface area contributed by atoms with Crippen molar-refractivity contribution >= 4 is 16.9 Å². The number of aromatic amines is 1. The zero-order chi connectivity index (χ0) is 17.4. The summed E-state index contributed by atoms with van der Waals surface area (Å²) in [5.74, 6) is -1.38. The van der Waals surface area contributed by atoms with E-state index in [2.05, 4.69) is 9.97 Å². The molecule has 0 radical (unpaired) electrons. The smallest absolute Gasteiger partial charge is 0.335 e. The fraction of sp³-hybridized carbons (Fsp3) is 0.125. The van der Waals surface area contributed by atoms with E-state index in [4.69, 9.17) is 5.11 Å². The van der Waals surface area contributed by atoms with Crippen LogP contribution in [0, 0.1) is 0 Å². The highest BCUT2D eigenvalue weighted by atomic mass is 16.4. The average molecular weight is 327 g/mol. The SMILES string of the molecule is CC(c1ccc(C(=O)O)cc1)n1c(=O)[nH]c2cnc(O)cc2c1=O. The van der Waals surface area contributed by atoms with Crippen LogP contribution in [-0.4, -0.2) is 30.7 Å². The summed E-state index contributed by atoms with van der Waals surface area (Å²) in [4.78, 5) is 41.9. The molecule has 24 heavy (non-hydrogen) atoms. The fourth-order valence-corrected chi connectivity index (χ4v) is 2.52. The first-order valence-electron chi connectivity index (χ1n) is 7.05. The van der Waals surface area contributed by atoms with E-state index in [1.165, 1.54) is 24.4 Å². The molecule has 3 rings (SSSR count). The molecule has 0 bridgehead atoms. The van der Waals surface area contributed by atoms with Gasteiger partial charge in [-0.2, -0.15) is 0 Å². The lowest BCUT2D eigenvalue weighted by Crippen LogP contribution is -2.37. The van der Waals surface area contributed by atoms with Gasteiger partial charge in [0.1, 0.15) is 0 Å². The van der Waals surface area contributed by atoms with Crippen molar-refractivity contribution in [2.75, 3.05) is 0 Å². The number of nitrogens with zero attached hydrogens (tertiary/aromatic N) is 2. The third kappa shape index (κ3) is 2.54. The Hall–Kier alpha value is -3.42. The third-order valence-electron chi connectivity index (χ3n) is 3.83. The molecule has 3 aromatic rings. The molecule has 122 valence electrons. The molecule has 2 heterocycles. The number of nitrogens with one attached hydrogen (secondary N) is 1. The molecule has 0 amide bonds. The summed E-state index contributed by atoms with van der Waals surface area (Å²) in [5.41, 5.74) is -0.240. The van der Waals surface area contributed by atoms with Gasteiger partial charge in [0.05, 0.1) is 28.7 Å². The Kier molecular flexibility index (Phi) is 3.64. The Morgan fingerprint density at radius 3 is 2.54 bits per heavy atom. The molecule has 8 heteroatoms. The largest absolute Gasteiger partial charge is 0.493 e. The predicted molar refractivity (Wildman–Crippen MR) is 85.5 cm³/mol. The average Bonchev–Trinajstić information content (AvgIpc) is 2.55. The second-order valence-corrected chi connectivity index (χ2v) is 5.30. The van der Waals surface area contributed by atoms with Gasteiger partial charge in [0.15, 0.2) is 0 Å². The van der Waals surface area contributed by atoms with Gasteiger partial charge >= 0.3 is 11.7 Å². The van der Waals surface area contributed by atoms with Gasteiger partial charge in [0.25, 0.3) is 5.56 Å². The molecule has 3 N–H and O–H groups in total. The summed E-state index contributed by atoms with van der Waals surface area (Å²) >= 11 is 0. The second kappa shape index (κ2) is 5.65. The van der Waals surface area contributed by atoms with Crippen LogP contribution >= 0.6 is 0 Å². The summed E-state index contributed by atoms with van der Waals surface area (Å²) in [6.07, 6.45) is 1.21. The van der Waals surface area contributed by atoms with Crippen LogP contribution in [0.3, 0.4) is 0 Å². The maximum Gasteiger partial charge on any atom is 0.335 e. The molecule has 8 nitrogen and oxygen atoms in total. The highest BCUT2D eigenvalue weighted by Gasteiger charge is 2.16.